The Kier molecular flexibility index (Phi) is 4.25. The summed E-state index contributed by atoms with van der Waals surface area (Å²) in [5, 5.41) is 12.5. The third kappa shape index (κ3) is 3.68. The van der Waals surface area contributed by atoms with Crippen LogP contribution >= 0.6 is 0 Å². The number of anilines is 2. The number of aromatic carboxylic acids is 1. The molecule has 0 aliphatic heterocycles. The summed E-state index contributed by atoms with van der Waals surface area (Å²) in [7, 11) is 0. The van der Waals surface area contributed by atoms with E-state index in [-0.39, 0.29) is 5.56 Å². The van der Waals surface area contributed by atoms with Crippen molar-refractivity contribution in [3.05, 3.63) is 84.4 Å². The van der Waals surface area contributed by atoms with Gasteiger partial charge in [0.25, 0.3) is 0 Å². The van der Waals surface area contributed by atoms with E-state index in [1.165, 1.54) is 6.07 Å². The zero-order valence-electron chi connectivity index (χ0n) is 12.3. The summed E-state index contributed by atoms with van der Waals surface area (Å²) in [6.07, 6.45) is 0. The van der Waals surface area contributed by atoms with E-state index in [9.17, 15) is 9.90 Å². The maximum absolute atomic E-state index is 11.4. The summed E-state index contributed by atoms with van der Waals surface area (Å²) in [6.45, 7) is 0. The van der Waals surface area contributed by atoms with Gasteiger partial charge in [0.2, 0.25) is 0 Å². The molecule has 0 radical (unpaired) electrons. The number of carboxylic acids is 1. The number of nitrogens with one attached hydrogen (secondary N) is 1. The first-order valence-electron chi connectivity index (χ1n) is 7.15. The van der Waals surface area contributed by atoms with E-state index in [4.69, 9.17) is 4.74 Å². The maximum atomic E-state index is 11.4. The Bertz CT molecular complexity index is 801. The smallest absolute Gasteiger partial charge is 0.337 e. The maximum Gasteiger partial charge on any atom is 0.337 e. The van der Waals surface area contributed by atoms with Crippen LogP contribution in [-0.2, 0) is 0 Å². The van der Waals surface area contributed by atoms with Crippen molar-refractivity contribution in [2.24, 2.45) is 0 Å². The molecule has 0 saturated heterocycles. The summed E-state index contributed by atoms with van der Waals surface area (Å²) in [4.78, 5) is 11.4. The van der Waals surface area contributed by atoms with Crippen molar-refractivity contribution < 1.29 is 14.6 Å². The number of carboxylic acid groups (broad SMARTS) is 1. The molecule has 3 aromatic carbocycles. The molecule has 0 unspecified atom stereocenters. The Labute approximate surface area is 134 Å². The van der Waals surface area contributed by atoms with Gasteiger partial charge < -0.3 is 15.2 Å². The lowest BCUT2D eigenvalue weighted by atomic mass is 10.1. The van der Waals surface area contributed by atoms with Gasteiger partial charge in [0.05, 0.1) is 11.3 Å². The predicted molar refractivity (Wildman–Crippen MR) is 89.6 cm³/mol. The number of hydrogen-bond donors (Lipinski definition) is 2. The third-order valence-corrected chi connectivity index (χ3v) is 3.25. The van der Waals surface area contributed by atoms with Crippen LogP contribution in [0.5, 0.6) is 11.5 Å². The first-order valence-corrected chi connectivity index (χ1v) is 7.15. The van der Waals surface area contributed by atoms with Gasteiger partial charge in [-0.05, 0) is 36.4 Å². The Morgan fingerprint density at radius 3 is 2.13 bits per heavy atom. The highest BCUT2D eigenvalue weighted by molar-refractivity contribution is 5.95. The molecule has 114 valence electrons. The van der Waals surface area contributed by atoms with E-state index in [0.717, 1.165) is 5.69 Å². The average Bonchev–Trinajstić information content (AvgIpc) is 2.57. The monoisotopic (exact) mass is 305 g/mol. The molecule has 0 amide bonds. The van der Waals surface area contributed by atoms with Gasteiger partial charge in [-0.2, -0.15) is 0 Å². The van der Waals surface area contributed by atoms with Crippen molar-refractivity contribution in [1.29, 1.82) is 0 Å². The van der Waals surface area contributed by atoms with Gasteiger partial charge in [-0.15, -0.1) is 0 Å². The molecule has 0 fully saturated rings. The number of ether oxygens (including phenoxy) is 1. The van der Waals surface area contributed by atoms with E-state index < -0.39 is 5.97 Å². The molecular formula is C19H15NO3. The van der Waals surface area contributed by atoms with Gasteiger partial charge in [-0.25, -0.2) is 4.79 Å². The van der Waals surface area contributed by atoms with Crippen LogP contribution in [0.2, 0.25) is 0 Å². The van der Waals surface area contributed by atoms with E-state index >= 15 is 0 Å². The first kappa shape index (κ1) is 14.7. The minimum atomic E-state index is -0.991. The molecule has 0 saturated carbocycles. The summed E-state index contributed by atoms with van der Waals surface area (Å²) in [6, 6.07) is 23.6. The normalized spacial score (nSPS) is 10.1. The molecular weight excluding hydrogens is 290 g/mol. The van der Waals surface area contributed by atoms with Gasteiger partial charge in [-0.3, -0.25) is 0 Å². The van der Waals surface area contributed by atoms with Crippen LogP contribution < -0.4 is 10.1 Å². The molecule has 0 aromatic heterocycles. The Hall–Kier alpha value is -3.27. The molecule has 0 spiro atoms. The number of carbonyl (C=O) groups is 1. The molecule has 0 atom stereocenters. The molecule has 23 heavy (non-hydrogen) atoms. The molecule has 4 nitrogen and oxygen atoms in total. The molecule has 3 rings (SSSR count). The number of benzene rings is 3. The lowest BCUT2D eigenvalue weighted by Gasteiger charge is -2.12. The van der Waals surface area contributed by atoms with Crippen molar-refractivity contribution >= 4 is 17.3 Å². The van der Waals surface area contributed by atoms with Crippen LogP contribution in [0, 0.1) is 0 Å². The summed E-state index contributed by atoms with van der Waals surface area (Å²) in [5.74, 6) is 0.274. The minimum Gasteiger partial charge on any atom is -0.478 e. The first-order chi connectivity index (χ1) is 11.2. The van der Waals surface area contributed by atoms with Crippen molar-refractivity contribution in [3.8, 4) is 11.5 Å². The lowest BCUT2D eigenvalue weighted by molar-refractivity contribution is 0.0698. The van der Waals surface area contributed by atoms with Crippen molar-refractivity contribution in [2.75, 3.05) is 5.32 Å². The van der Waals surface area contributed by atoms with Gasteiger partial charge in [0, 0.05) is 11.8 Å². The summed E-state index contributed by atoms with van der Waals surface area (Å²) in [5.41, 5.74) is 1.48. The van der Waals surface area contributed by atoms with Crippen LogP contribution in [0.3, 0.4) is 0 Å². The van der Waals surface area contributed by atoms with Gasteiger partial charge in [0.15, 0.2) is 0 Å². The van der Waals surface area contributed by atoms with Crippen molar-refractivity contribution in [3.63, 3.8) is 0 Å². The van der Waals surface area contributed by atoms with Crippen LogP contribution in [0.25, 0.3) is 0 Å². The van der Waals surface area contributed by atoms with Gasteiger partial charge >= 0.3 is 5.97 Å². The van der Waals surface area contributed by atoms with Crippen molar-refractivity contribution in [1.82, 2.24) is 0 Å². The number of para-hydroxylation sites is 2. The minimum absolute atomic E-state index is 0.189. The highest BCUT2D eigenvalue weighted by atomic mass is 16.5. The zero-order valence-corrected chi connectivity index (χ0v) is 12.3. The summed E-state index contributed by atoms with van der Waals surface area (Å²) < 4.78 is 5.76. The SMILES string of the molecule is O=C(O)c1ccc(Oc2ccccc2)cc1Nc1ccccc1. The molecule has 4 heteroatoms. The Morgan fingerprint density at radius 1 is 0.826 bits per heavy atom. The fraction of sp³-hybridized carbons (Fsp3) is 0. The second kappa shape index (κ2) is 6.66. The number of rotatable bonds is 5. The standard InChI is InChI=1S/C19H15NO3/c21-19(22)17-12-11-16(23-15-9-5-2-6-10-15)13-18(17)20-14-7-3-1-4-8-14/h1-13,20H,(H,21,22). The zero-order chi connectivity index (χ0) is 16.1. The predicted octanol–water partition coefficient (Wildman–Crippen LogP) is 4.92. The van der Waals surface area contributed by atoms with Crippen LogP contribution in [0.4, 0.5) is 11.4 Å². The Balaban J connectivity index is 1.91. The number of hydrogen-bond acceptors (Lipinski definition) is 3. The van der Waals surface area contributed by atoms with Crippen LogP contribution in [0.1, 0.15) is 10.4 Å². The largest absolute Gasteiger partial charge is 0.478 e. The Morgan fingerprint density at radius 2 is 1.48 bits per heavy atom. The van der Waals surface area contributed by atoms with Gasteiger partial charge in [0.1, 0.15) is 11.5 Å². The van der Waals surface area contributed by atoms with Crippen molar-refractivity contribution in [2.45, 2.75) is 0 Å². The van der Waals surface area contributed by atoms with E-state index in [1.807, 2.05) is 60.7 Å². The quantitative estimate of drug-likeness (QED) is 0.702. The van der Waals surface area contributed by atoms with E-state index in [1.54, 1.807) is 12.1 Å². The topological polar surface area (TPSA) is 58.6 Å². The highest BCUT2D eigenvalue weighted by Crippen LogP contribution is 2.29. The summed E-state index contributed by atoms with van der Waals surface area (Å²) >= 11 is 0. The molecule has 0 bridgehead atoms. The fourth-order valence-corrected chi connectivity index (χ4v) is 2.18. The van der Waals surface area contributed by atoms with E-state index in [0.29, 0.717) is 17.2 Å². The van der Waals surface area contributed by atoms with Crippen LogP contribution in [0.15, 0.2) is 78.9 Å². The van der Waals surface area contributed by atoms with Crippen LogP contribution in [-0.4, -0.2) is 11.1 Å². The molecule has 0 aliphatic carbocycles. The average molecular weight is 305 g/mol. The highest BCUT2D eigenvalue weighted by Gasteiger charge is 2.12. The lowest BCUT2D eigenvalue weighted by Crippen LogP contribution is -2.03. The van der Waals surface area contributed by atoms with Gasteiger partial charge in [-0.1, -0.05) is 36.4 Å². The second-order valence-electron chi connectivity index (χ2n) is 4.92. The second-order valence-corrected chi connectivity index (χ2v) is 4.92. The fourth-order valence-electron chi connectivity index (χ4n) is 2.18. The van der Waals surface area contributed by atoms with E-state index in [2.05, 4.69) is 5.32 Å². The molecule has 2 N–H and O–H groups in total. The third-order valence-electron chi connectivity index (χ3n) is 3.25. The molecule has 0 heterocycles. The molecule has 0 aliphatic rings. The molecule has 3 aromatic rings.